The topological polar surface area (TPSA) is 52.5 Å². The Kier molecular flexibility index (Phi) is 3.88. The van der Waals surface area contributed by atoms with Crippen LogP contribution in [0.3, 0.4) is 0 Å². The monoisotopic (exact) mass is 281 g/mol. The van der Waals surface area contributed by atoms with Crippen LogP contribution in [-0.2, 0) is 13.0 Å². The molecule has 0 atom stereocenters. The molecule has 2 heterocycles. The maximum atomic E-state index is 5.96. The molecule has 0 spiro atoms. The molecule has 0 saturated heterocycles. The van der Waals surface area contributed by atoms with Crippen LogP contribution in [0.5, 0.6) is 5.75 Å². The first-order valence-corrected chi connectivity index (χ1v) is 7.12. The molecule has 1 aromatic carbocycles. The van der Waals surface area contributed by atoms with Gasteiger partial charge in [-0.1, -0.05) is 24.3 Å². The van der Waals surface area contributed by atoms with E-state index < -0.39 is 0 Å². The van der Waals surface area contributed by atoms with E-state index in [2.05, 4.69) is 24.0 Å². The summed E-state index contributed by atoms with van der Waals surface area (Å²) in [6, 6.07) is 12.2. The van der Waals surface area contributed by atoms with Gasteiger partial charge in [0, 0.05) is 18.8 Å². The van der Waals surface area contributed by atoms with E-state index in [0.29, 0.717) is 13.2 Å². The predicted molar refractivity (Wildman–Crippen MR) is 83.5 cm³/mol. The van der Waals surface area contributed by atoms with Gasteiger partial charge in [-0.05, 0) is 36.7 Å². The van der Waals surface area contributed by atoms with Crippen LogP contribution in [0.4, 0.5) is 0 Å². The minimum absolute atomic E-state index is 0.547. The minimum Gasteiger partial charge on any atom is -0.485 e. The van der Waals surface area contributed by atoms with Gasteiger partial charge in [0.2, 0.25) is 0 Å². The van der Waals surface area contributed by atoms with E-state index in [1.54, 1.807) is 0 Å². The Hall–Kier alpha value is -2.33. The number of pyridine rings is 1. The summed E-state index contributed by atoms with van der Waals surface area (Å²) in [4.78, 5) is 4.60. The van der Waals surface area contributed by atoms with Crippen LogP contribution in [0.25, 0.3) is 5.65 Å². The maximum absolute atomic E-state index is 5.96. The van der Waals surface area contributed by atoms with Crippen molar-refractivity contribution in [2.24, 2.45) is 5.73 Å². The van der Waals surface area contributed by atoms with Gasteiger partial charge in [0.15, 0.2) is 11.4 Å². The summed E-state index contributed by atoms with van der Waals surface area (Å²) in [5, 5.41) is 0. The Balaban J connectivity index is 1.85. The van der Waals surface area contributed by atoms with Gasteiger partial charge < -0.3 is 14.9 Å². The number of imidazole rings is 1. The number of aryl methyl sites for hydroxylation is 1. The third-order valence-corrected chi connectivity index (χ3v) is 3.54. The van der Waals surface area contributed by atoms with Crippen LogP contribution < -0.4 is 10.5 Å². The smallest absolute Gasteiger partial charge is 0.179 e. The van der Waals surface area contributed by atoms with Crippen LogP contribution in [-0.4, -0.2) is 15.9 Å². The third-order valence-electron chi connectivity index (χ3n) is 3.54. The molecule has 4 nitrogen and oxygen atoms in total. The van der Waals surface area contributed by atoms with E-state index in [1.165, 1.54) is 11.1 Å². The highest BCUT2D eigenvalue weighted by atomic mass is 16.5. The van der Waals surface area contributed by atoms with Gasteiger partial charge in [-0.2, -0.15) is 0 Å². The second-order valence-electron chi connectivity index (χ2n) is 5.09. The fraction of sp³-hybridized carbons (Fsp3) is 0.235. The van der Waals surface area contributed by atoms with Gasteiger partial charge in [0.25, 0.3) is 0 Å². The van der Waals surface area contributed by atoms with E-state index in [-0.39, 0.29) is 0 Å². The number of hydrogen-bond donors (Lipinski definition) is 1. The second-order valence-corrected chi connectivity index (χ2v) is 5.09. The van der Waals surface area contributed by atoms with Crippen molar-refractivity contribution in [1.29, 1.82) is 0 Å². The SMILES string of the molecule is Cc1ccccc1COc1cccn2cc(CCN)nc12. The lowest BCUT2D eigenvalue weighted by molar-refractivity contribution is 0.307. The average Bonchev–Trinajstić information content (AvgIpc) is 2.90. The molecule has 4 heteroatoms. The van der Waals surface area contributed by atoms with Gasteiger partial charge in [-0.25, -0.2) is 4.98 Å². The van der Waals surface area contributed by atoms with Crippen molar-refractivity contribution < 1.29 is 4.74 Å². The molecule has 2 N–H and O–H groups in total. The molecule has 108 valence electrons. The van der Waals surface area contributed by atoms with Crippen LogP contribution in [0.2, 0.25) is 0 Å². The Morgan fingerprint density at radius 3 is 2.86 bits per heavy atom. The maximum Gasteiger partial charge on any atom is 0.179 e. The number of nitrogens with two attached hydrogens (primary N) is 1. The first kappa shape index (κ1) is 13.6. The standard InChI is InChI=1S/C17H19N3O/c1-13-5-2-3-6-14(13)12-21-16-7-4-10-20-11-15(8-9-18)19-17(16)20/h2-7,10-11H,8-9,12,18H2,1H3. The fourth-order valence-corrected chi connectivity index (χ4v) is 2.35. The zero-order chi connectivity index (χ0) is 14.7. The molecule has 0 fully saturated rings. The van der Waals surface area contributed by atoms with Crippen molar-refractivity contribution in [2.75, 3.05) is 6.54 Å². The summed E-state index contributed by atoms with van der Waals surface area (Å²) in [6.07, 6.45) is 4.75. The van der Waals surface area contributed by atoms with Crippen LogP contribution >= 0.6 is 0 Å². The van der Waals surface area contributed by atoms with E-state index in [4.69, 9.17) is 10.5 Å². The molecule has 0 amide bonds. The molecule has 0 saturated carbocycles. The Bertz CT molecular complexity index is 749. The van der Waals surface area contributed by atoms with Crippen molar-refractivity contribution in [2.45, 2.75) is 20.0 Å². The molecule has 0 aliphatic heterocycles. The van der Waals surface area contributed by atoms with Crippen LogP contribution in [0, 0.1) is 6.92 Å². The number of aromatic nitrogens is 2. The average molecular weight is 281 g/mol. The zero-order valence-electron chi connectivity index (χ0n) is 12.1. The normalized spacial score (nSPS) is 11.0. The number of hydrogen-bond acceptors (Lipinski definition) is 3. The van der Waals surface area contributed by atoms with Crippen LogP contribution in [0.15, 0.2) is 48.8 Å². The zero-order valence-corrected chi connectivity index (χ0v) is 12.1. The van der Waals surface area contributed by atoms with Crippen molar-refractivity contribution >= 4 is 5.65 Å². The summed E-state index contributed by atoms with van der Waals surface area (Å²) in [7, 11) is 0. The van der Waals surface area contributed by atoms with Gasteiger partial charge >= 0.3 is 0 Å². The van der Waals surface area contributed by atoms with Gasteiger partial charge in [-0.3, -0.25) is 0 Å². The first-order valence-electron chi connectivity index (χ1n) is 7.12. The second kappa shape index (κ2) is 5.97. The quantitative estimate of drug-likeness (QED) is 0.782. The molecular weight excluding hydrogens is 262 g/mol. The summed E-state index contributed by atoms with van der Waals surface area (Å²) >= 11 is 0. The number of benzene rings is 1. The van der Waals surface area contributed by atoms with Gasteiger partial charge in [0.1, 0.15) is 6.61 Å². The third kappa shape index (κ3) is 2.90. The molecule has 0 bridgehead atoms. The van der Waals surface area contributed by atoms with Crippen LogP contribution in [0.1, 0.15) is 16.8 Å². The van der Waals surface area contributed by atoms with Crippen molar-refractivity contribution in [3.05, 3.63) is 65.6 Å². The Morgan fingerprint density at radius 2 is 2.05 bits per heavy atom. The minimum atomic E-state index is 0.547. The lowest BCUT2D eigenvalue weighted by Gasteiger charge is -2.09. The summed E-state index contributed by atoms with van der Waals surface area (Å²) in [5.41, 5.74) is 9.84. The fourth-order valence-electron chi connectivity index (χ4n) is 2.35. The van der Waals surface area contributed by atoms with Crippen molar-refractivity contribution in [3.8, 4) is 5.75 Å². The largest absolute Gasteiger partial charge is 0.485 e. The molecule has 2 aromatic heterocycles. The number of nitrogens with zero attached hydrogens (tertiary/aromatic N) is 2. The predicted octanol–water partition coefficient (Wildman–Crippen LogP) is 2.72. The van der Waals surface area contributed by atoms with Crippen molar-refractivity contribution in [3.63, 3.8) is 0 Å². The molecule has 0 radical (unpaired) electrons. The molecule has 0 aliphatic rings. The van der Waals surface area contributed by atoms with E-state index in [1.807, 2.05) is 41.1 Å². The van der Waals surface area contributed by atoms with Gasteiger partial charge in [-0.15, -0.1) is 0 Å². The molecule has 3 rings (SSSR count). The van der Waals surface area contributed by atoms with E-state index in [9.17, 15) is 0 Å². The highest BCUT2D eigenvalue weighted by Crippen LogP contribution is 2.21. The summed E-state index contributed by atoms with van der Waals surface area (Å²) in [6.45, 7) is 3.24. The number of rotatable bonds is 5. The van der Waals surface area contributed by atoms with Gasteiger partial charge in [0.05, 0.1) is 5.69 Å². The summed E-state index contributed by atoms with van der Waals surface area (Å²) in [5.74, 6) is 0.795. The summed E-state index contributed by atoms with van der Waals surface area (Å²) < 4.78 is 7.95. The highest BCUT2D eigenvalue weighted by molar-refractivity contribution is 5.54. The highest BCUT2D eigenvalue weighted by Gasteiger charge is 2.07. The molecule has 21 heavy (non-hydrogen) atoms. The van der Waals surface area contributed by atoms with Crippen molar-refractivity contribution in [1.82, 2.24) is 9.38 Å². The Labute approximate surface area is 124 Å². The first-order chi connectivity index (χ1) is 10.3. The lowest BCUT2D eigenvalue weighted by atomic mass is 10.1. The number of ether oxygens (including phenoxy) is 1. The Morgan fingerprint density at radius 1 is 1.19 bits per heavy atom. The van der Waals surface area contributed by atoms with E-state index >= 15 is 0 Å². The molecular formula is C17H19N3O. The lowest BCUT2D eigenvalue weighted by Crippen LogP contribution is -2.02. The molecule has 0 aliphatic carbocycles. The number of fused-ring (bicyclic) bond motifs is 1. The molecule has 0 unspecified atom stereocenters. The molecule has 3 aromatic rings. The van der Waals surface area contributed by atoms with E-state index in [0.717, 1.165) is 23.5 Å².